The van der Waals surface area contributed by atoms with Crippen LogP contribution in [0.1, 0.15) is 56.2 Å². The predicted octanol–water partition coefficient (Wildman–Crippen LogP) is 6.81. The molecule has 1 aromatic heterocycles. The van der Waals surface area contributed by atoms with Gasteiger partial charge < -0.3 is 4.57 Å². The Kier molecular flexibility index (Phi) is 4.48. The van der Waals surface area contributed by atoms with Crippen molar-refractivity contribution in [3.05, 3.63) is 63.6 Å². The maximum absolute atomic E-state index is 13.4. The molecule has 0 amide bonds. The normalized spacial score (nSPS) is 25.5. The standard InChI is InChI=1S/C24H26ClFN2/c1-15(16-6-9-18(26)10-7-16)13-28-22-11-8-17(25)12-20(22)24-19-4-3-5-21(19)27(2)14-23(24)28/h6,8-9,11-13,19,21H,3-5,7,10,14H2,1-2H3/b15-13+. The van der Waals surface area contributed by atoms with Gasteiger partial charge in [0.1, 0.15) is 5.83 Å². The van der Waals surface area contributed by atoms with E-state index < -0.39 is 0 Å². The Bertz CT molecular complexity index is 1040. The lowest BCUT2D eigenvalue weighted by Gasteiger charge is -2.35. The minimum atomic E-state index is -0.0242. The molecule has 2 unspecified atom stereocenters. The molecule has 1 saturated carbocycles. The smallest absolute Gasteiger partial charge is 0.100 e. The highest BCUT2D eigenvalue weighted by molar-refractivity contribution is 6.31. The molecule has 0 bridgehead atoms. The molecule has 1 aromatic carbocycles. The molecule has 1 fully saturated rings. The van der Waals surface area contributed by atoms with Crippen molar-refractivity contribution in [3.63, 3.8) is 0 Å². The Morgan fingerprint density at radius 1 is 1.21 bits per heavy atom. The van der Waals surface area contributed by atoms with Crippen LogP contribution in [0.2, 0.25) is 5.02 Å². The fourth-order valence-corrected chi connectivity index (χ4v) is 5.63. The van der Waals surface area contributed by atoms with Gasteiger partial charge in [-0.05, 0) is 74.2 Å². The van der Waals surface area contributed by atoms with Gasteiger partial charge in [-0.25, -0.2) is 4.39 Å². The van der Waals surface area contributed by atoms with Gasteiger partial charge in [-0.3, -0.25) is 4.90 Å². The maximum Gasteiger partial charge on any atom is 0.100 e. The van der Waals surface area contributed by atoms with Crippen molar-refractivity contribution >= 4 is 28.7 Å². The van der Waals surface area contributed by atoms with Crippen molar-refractivity contribution in [2.45, 2.75) is 57.5 Å². The van der Waals surface area contributed by atoms with E-state index in [1.165, 1.54) is 52.6 Å². The summed E-state index contributed by atoms with van der Waals surface area (Å²) >= 11 is 6.40. The zero-order chi connectivity index (χ0) is 19.4. The summed E-state index contributed by atoms with van der Waals surface area (Å²) in [4.78, 5) is 2.53. The second-order valence-electron chi connectivity index (χ2n) is 8.53. The van der Waals surface area contributed by atoms with Crippen LogP contribution in [0.4, 0.5) is 4.39 Å². The number of aromatic nitrogens is 1. The first-order valence-electron chi connectivity index (χ1n) is 10.3. The summed E-state index contributed by atoms with van der Waals surface area (Å²) in [5.74, 6) is 0.569. The Balaban J connectivity index is 1.70. The molecule has 146 valence electrons. The summed E-state index contributed by atoms with van der Waals surface area (Å²) in [5.41, 5.74) is 6.54. The lowest BCUT2D eigenvalue weighted by atomic mass is 9.87. The highest BCUT2D eigenvalue weighted by atomic mass is 35.5. The third-order valence-corrected chi connectivity index (χ3v) is 7.09. The Morgan fingerprint density at radius 2 is 2.07 bits per heavy atom. The van der Waals surface area contributed by atoms with Gasteiger partial charge in [-0.15, -0.1) is 0 Å². The number of rotatable bonds is 2. The maximum atomic E-state index is 13.4. The number of nitrogens with zero attached hydrogens (tertiary/aromatic N) is 2. The first-order chi connectivity index (χ1) is 13.5. The van der Waals surface area contributed by atoms with Gasteiger partial charge in [-0.1, -0.05) is 24.1 Å². The molecule has 2 aliphatic carbocycles. The molecule has 0 radical (unpaired) electrons. The zero-order valence-electron chi connectivity index (χ0n) is 16.5. The molecule has 0 saturated heterocycles. The van der Waals surface area contributed by atoms with Crippen molar-refractivity contribution in [1.29, 1.82) is 0 Å². The Hall–Kier alpha value is -1.84. The number of hydrogen-bond donors (Lipinski definition) is 0. The molecule has 2 atom stereocenters. The molecule has 5 rings (SSSR count). The summed E-state index contributed by atoms with van der Waals surface area (Å²) < 4.78 is 15.8. The van der Waals surface area contributed by atoms with Crippen molar-refractivity contribution < 1.29 is 4.39 Å². The van der Waals surface area contributed by atoms with Crippen LogP contribution in [-0.2, 0) is 6.54 Å². The lowest BCUT2D eigenvalue weighted by molar-refractivity contribution is 0.198. The van der Waals surface area contributed by atoms with Gasteiger partial charge >= 0.3 is 0 Å². The fourth-order valence-electron chi connectivity index (χ4n) is 5.46. The fraction of sp³-hybridized carbons (Fsp3) is 0.417. The minimum Gasteiger partial charge on any atom is -0.318 e. The van der Waals surface area contributed by atoms with E-state index >= 15 is 0 Å². The monoisotopic (exact) mass is 396 g/mol. The average Bonchev–Trinajstić information content (AvgIpc) is 3.26. The third-order valence-electron chi connectivity index (χ3n) is 6.85. The number of halogens is 2. The molecular formula is C24H26ClFN2. The first-order valence-corrected chi connectivity index (χ1v) is 10.7. The van der Waals surface area contributed by atoms with Crippen LogP contribution in [0.25, 0.3) is 17.1 Å². The van der Waals surface area contributed by atoms with Gasteiger partial charge in [0.2, 0.25) is 0 Å². The van der Waals surface area contributed by atoms with Crippen LogP contribution in [0, 0.1) is 0 Å². The summed E-state index contributed by atoms with van der Waals surface area (Å²) in [5, 5.41) is 2.11. The second-order valence-corrected chi connectivity index (χ2v) is 8.97. The van der Waals surface area contributed by atoms with E-state index in [-0.39, 0.29) is 5.83 Å². The number of likely N-dealkylation sites (N-methyl/N-ethyl adjacent to an activating group) is 1. The van der Waals surface area contributed by atoms with Crippen LogP contribution >= 0.6 is 11.6 Å². The Morgan fingerprint density at radius 3 is 2.86 bits per heavy atom. The highest BCUT2D eigenvalue weighted by Crippen LogP contribution is 2.47. The van der Waals surface area contributed by atoms with E-state index in [2.05, 4.69) is 41.8 Å². The molecule has 2 aromatic rings. The number of allylic oxidation sites excluding steroid dienone is 5. The molecular weight excluding hydrogens is 371 g/mol. The molecule has 2 nitrogen and oxygen atoms in total. The predicted molar refractivity (Wildman–Crippen MR) is 115 cm³/mol. The number of benzene rings is 1. The van der Waals surface area contributed by atoms with E-state index in [1.54, 1.807) is 6.08 Å². The van der Waals surface area contributed by atoms with E-state index in [9.17, 15) is 4.39 Å². The van der Waals surface area contributed by atoms with Crippen LogP contribution < -0.4 is 0 Å². The number of hydrogen-bond acceptors (Lipinski definition) is 1. The Labute approximate surface area is 171 Å². The third kappa shape index (κ3) is 2.87. The molecule has 1 aliphatic heterocycles. The summed E-state index contributed by atoms with van der Waals surface area (Å²) in [7, 11) is 2.26. The van der Waals surface area contributed by atoms with Crippen molar-refractivity contribution in [2.75, 3.05) is 7.05 Å². The first kappa shape index (κ1) is 18.2. The number of fused-ring (bicyclic) bond motifs is 5. The highest BCUT2D eigenvalue weighted by Gasteiger charge is 2.39. The SMILES string of the molecule is C/C(=C\n1c2c(c3cc(Cl)ccc31)C1CCCC1N(C)C2)C1=CC=C(F)CC1. The van der Waals surface area contributed by atoms with Crippen LogP contribution in [0.5, 0.6) is 0 Å². The second kappa shape index (κ2) is 6.89. The molecule has 3 aliphatic rings. The van der Waals surface area contributed by atoms with Crippen LogP contribution in [0.15, 0.2) is 47.3 Å². The van der Waals surface area contributed by atoms with Gasteiger partial charge in [0.25, 0.3) is 0 Å². The van der Waals surface area contributed by atoms with Crippen molar-refractivity contribution in [3.8, 4) is 0 Å². The molecule has 2 heterocycles. The van der Waals surface area contributed by atoms with Crippen molar-refractivity contribution in [1.82, 2.24) is 9.47 Å². The largest absolute Gasteiger partial charge is 0.318 e. The van der Waals surface area contributed by atoms with E-state index in [4.69, 9.17) is 11.6 Å². The lowest BCUT2D eigenvalue weighted by Crippen LogP contribution is -2.38. The van der Waals surface area contributed by atoms with Crippen LogP contribution in [-0.4, -0.2) is 22.6 Å². The summed E-state index contributed by atoms with van der Waals surface area (Å²) in [6.07, 6.45) is 10.9. The van der Waals surface area contributed by atoms with Gasteiger partial charge in [0.15, 0.2) is 0 Å². The topological polar surface area (TPSA) is 8.17 Å². The zero-order valence-corrected chi connectivity index (χ0v) is 17.3. The van der Waals surface area contributed by atoms with Crippen molar-refractivity contribution in [2.24, 2.45) is 0 Å². The molecule has 28 heavy (non-hydrogen) atoms. The molecule has 0 spiro atoms. The quantitative estimate of drug-likeness (QED) is 0.541. The van der Waals surface area contributed by atoms with E-state index in [1.807, 2.05) is 12.1 Å². The van der Waals surface area contributed by atoms with Crippen LogP contribution in [0.3, 0.4) is 0 Å². The van der Waals surface area contributed by atoms with Gasteiger partial charge in [-0.2, -0.15) is 0 Å². The molecule has 0 N–H and O–H groups in total. The van der Waals surface area contributed by atoms with E-state index in [0.717, 1.165) is 18.0 Å². The summed E-state index contributed by atoms with van der Waals surface area (Å²) in [6.45, 7) is 3.10. The van der Waals surface area contributed by atoms with Gasteiger partial charge in [0.05, 0.1) is 5.52 Å². The molecule has 4 heteroatoms. The average molecular weight is 397 g/mol. The minimum absolute atomic E-state index is 0.0242. The van der Waals surface area contributed by atoms with Gasteiger partial charge in [0, 0.05) is 47.2 Å². The summed E-state index contributed by atoms with van der Waals surface area (Å²) in [6, 6.07) is 6.93. The van der Waals surface area contributed by atoms with E-state index in [0.29, 0.717) is 18.4 Å².